The number of rotatable bonds is 3. The Morgan fingerprint density at radius 1 is 1.14 bits per heavy atom. The molecule has 3 nitrogen and oxygen atoms in total. The Bertz CT molecular complexity index is 765. The number of hydrogen-bond donors (Lipinski definition) is 1. The number of ether oxygens (including phenoxy) is 1. The molecule has 22 heavy (non-hydrogen) atoms. The Kier molecular flexibility index (Phi) is 4.26. The first kappa shape index (κ1) is 14.4. The van der Waals surface area contributed by atoms with Crippen LogP contribution in [0.15, 0.2) is 66.3 Å². The van der Waals surface area contributed by atoms with E-state index in [0.717, 1.165) is 16.9 Å². The van der Waals surface area contributed by atoms with E-state index < -0.39 is 0 Å². The number of amides is 1. The van der Waals surface area contributed by atoms with E-state index in [1.165, 1.54) is 6.08 Å². The highest BCUT2D eigenvalue weighted by Crippen LogP contribution is 2.26. The minimum Gasteiger partial charge on any atom is -0.488 e. The summed E-state index contributed by atoms with van der Waals surface area (Å²) in [6.45, 7) is 0.451. The molecule has 0 saturated heterocycles. The maximum atomic E-state index is 11.9. The molecule has 110 valence electrons. The van der Waals surface area contributed by atoms with Crippen LogP contribution in [0.5, 0.6) is 5.75 Å². The molecule has 0 spiro atoms. The van der Waals surface area contributed by atoms with Crippen LogP contribution in [0, 0.1) is 0 Å². The van der Waals surface area contributed by atoms with E-state index >= 15 is 0 Å². The number of fused-ring (bicyclic) bond motifs is 1. The van der Waals surface area contributed by atoms with Crippen LogP contribution >= 0.6 is 11.6 Å². The zero-order chi connectivity index (χ0) is 15.4. The fourth-order valence-corrected chi connectivity index (χ4v) is 2.33. The topological polar surface area (TPSA) is 38.3 Å². The van der Waals surface area contributed by atoms with Crippen molar-refractivity contribution in [1.29, 1.82) is 0 Å². The molecule has 1 N–H and O–H groups in total. The average molecular weight is 312 g/mol. The largest absolute Gasteiger partial charge is 0.488 e. The van der Waals surface area contributed by atoms with E-state index in [2.05, 4.69) is 5.32 Å². The van der Waals surface area contributed by atoms with Gasteiger partial charge in [0.1, 0.15) is 12.4 Å². The van der Waals surface area contributed by atoms with Crippen molar-refractivity contribution in [3.8, 4) is 5.75 Å². The third kappa shape index (κ3) is 3.38. The second-order valence-electron chi connectivity index (χ2n) is 4.85. The van der Waals surface area contributed by atoms with Crippen LogP contribution in [0.4, 0.5) is 5.69 Å². The van der Waals surface area contributed by atoms with Crippen molar-refractivity contribution in [3.05, 3.63) is 76.8 Å². The molecule has 0 fully saturated rings. The molecule has 0 atom stereocenters. The van der Waals surface area contributed by atoms with Gasteiger partial charge in [-0.05, 0) is 29.8 Å². The van der Waals surface area contributed by atoms with Gasteiger partial charge in [-0.1, -0.05) is 48.0 Å². The first-order valence-corrected chi connectivity index (χ1v) is 7.26. The summed E-state index contributed by atoms with van der Waals surface area (Å²) in [7, 11) is 0. The monoisotopic (exact) mass is 311 g/mol. The smallest absolute Gasteiger partial charge is 0.248 e. The molecular weight excluding hydrogens is 298 g/mol. The van der Waals surface area contributed by atoms with E-state index in [1.54, 1.807) is 18.2 Å². The van der Waals surface area contributed by atoms with Crippen molar-refractivity contribution < 1.29 is 9.53 Å². The third-order valence-corrected chi connectivity index (χ3v) is 3.56. The van der Waals surface area contributed by atoms with Gasteiger partial charge in [-0.15, -0.1) is 0 Å². The van der Waals surface area contributed by atoms with Crippen molar-refractivity contribution >= 4 is 29.3 Å². The molecule has 2 aromatic carbocycles. The zero-order valence-corrected chi connectivity index (χ0v) is 12.5. The normalized spacial score (nSPS) is 13.2. The number of nitrogens with one attached hydrogen (secondary N) is 1. The molecule has 0 unspecified atom stereocenters. The Hall–Kier alpha value is -2.52. The van der Waals surface area contributed by atoms with Crippen molar-refractivity contribution in [2.45, 2.75) is 0 Å². The number of anilines is 1. The van der Waals surface area contributed by atoms with Crippen LogP contribution in [0.2, 0.25) is 5.02 Å². The first-order chi connectivity index (χ1) is 10.7. The lowest BCUT2D eigenvalue weighted by atomic mass is 10.1. The number of halogens is 1. The molecular formula is C18H14ClNO2. The lowest BCUT2D eigenvalue weighted by Gasteiger charge is -2.15. The quantitative estimate of drug-likeness (QED) is 0.858. The lowest BCUT2D eigenvalue weighted by molar-refractivity contribution is -0.111. The van der Waals surface area contributed by atoms with Crippen LogP contribution < -0.4 is 10.1 Å². The fourth-order valence-electron chi connectivity index (χ4n) is 2.15. The van der Waals surface area contributed by atoms with Crippen LogP contribution in [-0.4, -0.2) is 12.5 Å². The second kappa shape index (κ2) is 6.50. The van der Waals surface area contributed by atoms with Gasteiger partial charge in [0.2, 0.25) is 5.91 Å². The van der Waals surface area contributed by atoms with Gasteiger partial charge < -0.3 is 10.1 Å². The Morgan fingerprint density at radius 2 is 1.91 bits per heavy atom. The van der Waals surface area contributed by atoms with Gasteiger partial charge in [-0.25, -0.2) is 0 Å². The molecule has 1 heterocycles. The Balaban J connectivity index is 1.69. The summed E-state index contributed by atoms with van der Waals surface area (Å²) in [6, 6.07) is 14.9. The van der Waals surface area contributed by atoms with E-state index in [9.17, 15) is 4.79 Å². The van der Waals surface area contributed by atoms with Gasteiger partial charge in [0, 0.05) is 11.6 Å². The molecule has 3 rings (SSSR count). The van der Waals surface area contributed by atoms with Crippen LogP contribution in [0.25, 0.3) is 6.08 Å². The lowest BCUT2D eigenvalue weighted by Crippen LogP contribution is -2.10. The molecule has 2 aromatic rings. The van der Waals surface area contributed by atoms with Crippen LogP contribution in [0.3, 0.4) is 0 Å². The highest BCUT2D eigenvalue weighted by atomic mass is 35.5. The summed E-state index contributed by atoms with van der Waals surface area (Å²) in [5, 5.41) is 3.26. The Labute approximate surface area is 133 Å². The average Bonchev–Trinajstić information content (AvgIpc) is 2.55. The van der Waals surface area contributed by atoms with Crippen molar-refractivity contribution in [1.82, 2.24) is 0 Å². The van der Waals surface area contributed by atoms with Gasteiger partial charge >= 0.3 is 0 Å². The minimum atomic E-state index is -0.229. The third-order valence-electron chi connectivity index (χ3n) is 3.23. The molecule has 1 aliphatic rings. The van der Waals surface area contributed by atoms with Crippen molar-refractivity contribution in [3.63, 3.8) is 0 Å². The van der Waals surface area contributed by atoms with E-state index in [4.69, 9.17) is 16.3 Å². The van der Waals surface area contributed by atoms with Gasteiger partial charge in [0.05, 0.1) is 10.7 Å². The SMILES string of the molecule is O=C(C=CC1=Cc2ccccc2OC1)Nc1ccccc1Cl. The molecule has 0 saturated carbocycles. The van der Waals surface area contributed by atoms with E-state index in [-0.39, 0.29) is 5.91 Å². The van der Waals surface area contributed by atoms with Gasteiger partial charge in [0.15, 0.2) is 0 Å². The summed E-state index contributed by atoms with van der Waals surface area (Å²) < 4.78 is 5.63. The summed E-state index contributed by atoms with van der Waals surface area (Å²) >= 11 is 6.00. The Morgan fingerprint density at radius 3 is 2.77 bits per heavy atom. The highest BCUT2D eigenvalue weighted by Gasteiger charge is 2.09. The predicted molar refractivity (Wildman–Crippen MR) is 89.1 cm³/mol. The fraction of sp³-hybridized carbons (Fsp3) is 0.0556. The van der Waals surface area contributed by atoms with Gasteiger partial charge in [0.25, 0.3) is 0 Å². The molecule has 0 aliphatic carbocycles. The number of benzene rings is 2. The summed E-state index contributed by atoms with van der Waals surface area (Å²) in [5.41, 5.74) is 2.55. The summed E-state index contributed by atoms with van der Waals surface area (Å²) in [6.07, 6.45) is 5.24. The molecule has 1 amide bonds. The van der Waals surface area contributed by atoms with Gasteiger partial charge in [-0.2, -0.15) is 0 Å². The van der Waals surface area contributed by atoms with Crippen LogP contribution in [0.1, 0.15) is 5.56 Å². The second-order valence-corrected chi connectivity index (χ2v) is 5.26. The van der Waals surface area contributed by atoms with Gasteiger partial charge in [-0.3, -0.25) is 4.79 Å². The number of carbonyl (C=O) groups is 1. The maximum Gasteiger partial charge on any atom is 0.248 e. The standard InChI is InChI=1S/C18H14ClNO2/c19-15-6-2-3-7-16(15)20-18(21)10-9-13-11-14-5-1-4-8-17(14)22-12-13/h1-11H,12H2,(H,20,21). The first-order valence-electron chi connectivity index (χ1n) is 6.88. The maximum absolute atomic E-state index is 11.9. The molecule has 0 aromatic heterocycles. The van der Waals surface area contributed by atoms with E-state index in [0.29, 0.717) is 17.3 Å². The zero-order valence-electron chi connectivity index (χ0n) is 11.8. The highest BCUT2D eigenvalue weighted by molar-refractivity contribution is 6.33. The number of carbonyl (C=O) groups excluding carboxylic acids is 1. The van der Waals surface area contributed by atoms with Crippen molar-refractivity contribution in [2.75, 3.05) is 11.9 Å². The van der Waals surface area contributed by atoms with Crippen LogP contribution in [-0.2, 0) is 4.79 Å². The van der Waals surface area contributed by atoms with Crippen molar-refractivity contribution in [2.24, 2.45) is 0 Å². The summed E-state index contributed by atoms with van der Waals surface area (Å²) in [5.74, 6) is 0.632. The number of para-hydroxylation sites is 2. The predicted octanol–water partition coefficient (Wildman–Crippen LogP) is 4.31. The molecule has 4 heteroatoms. The minimum absolute atomic E-state index is 0.229. The molecule has 1 aliphatic heterocycles. The molecule has 0 radical (unpaired) electrons. The van der Waals surface area contributed by atoms with E-state index in [1.807, 2.05) is 42.5 Å². The summed E-state index contributed by atoms with van der Waals surface area (Å²) in [4.78, 5) is 11.9. The molecule has 0 bridgehead atoms. The number of hydrogen-bond acceptors (Lipinski definition) is 2.